The lowest BCUT2D eigenvalue weighted by atomic mass is 9.89. The molecule has 2 aliphatic heterocycles. The molecule has 1 aromatic carbocycles. The van der Waals surface area contributed by atoms with Gasteiger partial charge < -0.3 is 5.32 Å². The number of likely N-dealkylation sites (tertiary alicyclic amines) is 1. The van der Waals surface area contributed by atoms with Crippen molar-refractivity contribution in [3.8, 4) is 0 Å². The molecule has 3 atom stereocenters. The van der Waals surface area contributed by atoms with Crippen molar-refractivity contribution < 1.29 is 0 Å². The van der Waals surface area contributed by atoms with E-state index in [1.54, 1.807) is 5.57 Å². The van der Waals surface area contributed by atoms with E-state index in [1.165, 1.54) is 31.4 Å². The van der Waals surface area contributed by atoms with E-state index in [4.69, 9.17) is 0 Å². The average Bonchev–Trinajstić information content (AvgIpc) is 3.14. The fourth-order valence-corrected chi connectivity index (χ4v) is 4.51. The third-order valence-electron chi connectivity index (χ3n) is 5.85. The van der Waals surface area contributed by atoms with Gasteiger partial charge in [0, 0.05) is 31.8 Å². The van der Waals surface area contributed by atoms with Crippen molar-refractivity contribution in [2.75, 3.05) is 26.3 Å². The van der Waals surface area contributed by atoms with Crippen LogP contribution in [0.25, 0.3) is 0 Å². The van der Waals surface area contributed by atoms with Gasteiger partial charge in [-0.3, -0.25) is 9.80 Å². The van der Waals surface area contributed by atoms with Crippen molar-refractivity contribution in [3.63, 3.8) is 0 Å². The zero-order valence-electron chi connectivity index (χ0n) is 15.5. The van der Waals surface area contributed by atoms with Crippen molar-refractivity contribution in [1.29, 1.82) is 0 Å². The number of nitrogens with one attached hydrogen (secondary N) is 1. The summed E-state index contributed by atoms with van der Waals surface area (Å²) >= 11 is 0. The third-order valence-corrected chi connectivity index (χ3v) is 5.85. The molecule has 0 radical (unpaired) electrons. The molecule has 0 aromatic heterocycles. The molecule has 1 N–H and O–H groups in total. The van der Waals surface area contributed by atoms with E-state index in [-0.39, 0.29) is 0 Å². The standard InChI is InChI=1S/C21H33N3/c1-4-20(18(3)24-14-9-8-10-17(24)2)21(23-15-13-22-16-23)19-11-6-5-7-12-19/h4-7,11-12,17-18,21-22H,8-10,13-16H2,1-3H3/b20-4-. The van der Waals surface area contributed by atoms with Gasteiger partial charge in [0.2, 0.25) is 0 Å². The smallest absolute Gasteiger partial charge is 0.0588 e. The van der Waals surface area contributed by atoms with Crippen LogP contribution in [0.2, 0.25) is 0 Å². The fraction of sp³-hybridized carbons (Fsp3) is 0.619. The van der Waals surface area contributed by atoms with E-state index in [0.29, 0.717) is 18.1 Å². The van der Waals surface area contributed by atoms with Crippen LogP contribution < -0.4 is 5.32 Å². The molecule has 132 valence electrons. The first-order valence-electron chi connectivity index (χ1n) is 9.64. The molecule has 3 unspecified atom stereocenters. The summed E-state index contributed by atoms with van der Waals surface area (Å²) in [6.45, 7) is 11.5. The van der Waals surface area contributed by atoms with Crippen molar-refractivity contribution >= 4 is 0 Å². The van der Waals surface area contributed by atoms with Crippen molar-refractivity contribution in [2.45, 2.75) is 58.2 Å². The molecule has 1 aromatic rings. The van der Waals surface area contributed by atoms with Crippen LogP contribution in [0.4, 0.5) is 0 Å². The first-order chi connectivity index (χ1) is 11.7. The molecule has 0 amide bonds. The number of nitrogens with zero attached hydrogens (tertiary/aromatic N) is 2. The van der Waals surface area contributed by atoms with Gasteiger partial charge in [-0.15, -0.1) is 0 Å². The van der Waals surface area contributed by atoms with Gasteiger partial charge in [0.05, 0.1) is 6.04 Å². The minimum Gasteiger partial charge on any atom is -0.303 e. The second-order valence-electron chi connectivity index (χ2n) is 7.33. The number of allylic oxidation sites excluding steroid dienone is 1. The third kappa shape index (κ3) is 3.74. The molecule has 3 rings (SSSR count). The Morgan fingerprint density at radius 2 is 2.00 bits per heavy atom. The van der Waals surface area contributed by atoms with Gasteiger partial charge in [-0.25, -0.2) is 0 Å². The lowest BCUT2D eigenvalue weighted by molar-refractivity contribution is 0.119. The molecule has 2 heterocycles. The SMILES string of the molecule is C/C=C(\C(c1ccccc1)N1CCNC1)C(C)N1CCCCC1C. The molecule has 0 spiro atoms. The Kier molecular flexibility index (Phi) is 6.09. The number of hydrogen-bond acceptors (Lipinski definition) is 3. The van der Waals surface area contributed by atoms with E-state index in [9.17, 15) is 0 Å². The quantitative estimate of drug-likeness (QED) is 0.830. The summed E-state index contributed by atoms with van der Waals surface area (Å²) < 4.78 is 0. The van der Waals surface area contributed by atoms with Crippen LogP contribution >= 0.6 is 0 Å². The van der Waals surface area contributed by atoms with Gasteiger partial charge >= 0.3 is 0 Å². The Bertz CT molecular complexity index is 533. The molecule has 0 bridgehead atoms. The maximum atomic E-state index is 3.51. The average molecular weight is 328 g/mol. The van der Waals surface area contributed by atoms with Gasteiger partial charge in [-0.1, -0.05) is 42.8 Å². The molecular formula is C21H33N3. The van der Waals surface area contributed by atoms with E-state index >= 15 is 0 Å². The number of hydrogen-bond donors (Lipinski definition) is 1. The topological polar surface area (TPSA) is 18.5 Å². The molecule has 0 saturated carbocycles. The first kappa shape index (κ1) is 17.7. The van der Waals surface area contributed by atoms with Crippen LogP contribution in [-0.2, 0) is 0 Å². The molecule has 2 saturated heterocycles. The first-order valence-corrected chi connectivity index (χ1v) is 9.64. The highest BCUT2D eigenvalue weighted by Crippen LogP contribution is 2.34. The minimum atomic E-state index is 0.385. The van der Waals surface area contributed by atoms with Crippen molar-refractivity contribution in [3.05, 3.63) is 47.5 Å². The lowest BCUT2D eigenvalue weighted by Gasteiger charge is -2.42. The maximum absolute atomic E-state index is 3.51. The summed E-state index contributed by atoms with van der Waals surface area (Å²) in [6, 6.07) is 12.6. The van der Waals surface area contributed by atoms with Crippen LogP contribution in [0.5, 0.6) is 0 Å². The Hall–Kier alpha value is -1.16. The Balaban J connectivity index is 1.89. The van der Waals surface area contributed by atoms with Gasteiger partial charge in [0.15, 0.2) is 0 Å². The van der Waals surface area contributed by atoms with Crippen LogP contribution in [0, 0.1) is 0 Å². The molecular weight excluding hydrogens is 294 g/mol. The monoisotopic (exact) mass is 327 g/mol. The summed E-state index contributed by atoms with van der Waals surface area (Å²) in [5, 5.41) is 3.51. The molecule has 3 heteroatoms. The van der Waals surface area contributed by atoms with E-state index in [0.717, 1.165) is 19.8 Å². The van der Waals surface area contributed by atoms with E-state index < -0.39 is 0 Å². The second kappa shape index (κ2) is 8.28. The van der Waals surface area contributed by atoms with Crippen LogP contribution in [0.1, 0.15) is 51.6 Å². The Morgan fingerprint density at radius 3 is 2.62 bits per heavy atom. The molecule has 3 nitrogen and oxygen atoms in total. The summed E-state index contributed by atoms with van der Waals surface area (Å²) in [6.07, 6.45) is 6.44. The normalized spacial score (nSPS) is 26.5. The summed E-state index contributed by atoms with van der Waals surface area (Å²) in [5.41, 5.74) is 2.98. The maximum Gasteiger partial charge on any atom is 0.0588 e. The summed E-state index contributed by atoms with van der Waals surface area (Å²) in [7, 11) is 0. The Labute approximate surface area is 147 Å². The molecule has 0 aliphatic carbocycles. The zero-order chi connectivity index (χ0) is 16.9. The summed E-state index contributed by atoms with van der Waals surface area (Å²) in [5.74, 6) is 0. The van der Waals surface area contributed by atoms with Crippen LogP contribution in [0.15, 0.2) is 42.0 Å². The van der Waals surface area contributed by atoms with Crippen molar-refractivity contribution in [1.82, 2.24) is 15.1 Å². The highest BCUT2D eigenvalue weighted by atomic mass is 15.3. The predicted molar refractivity (Wildman–Crippen MR) is 102 cm³/mol. The largest absolute Gasteiger partial charge is 0.303 e. The van der Waals surface area contributed by atoms with E-state index in [1.807, 2.05) is 0 Å². The minimum absolute atomic E-state index is 0.385. The number of rotatable bonds is 5. The molecule has 2 fully saturated rings. The fourth-order valence-electron chi connectivity index (χ4n) is 4.51. The predicted octanol–water partition coefficient (Wildman–Crippen LogP) is 3.80. The molecule has 24 heavy (non-hydrogen) atoms. The van der Waals surface area contributed by atoms with Crippen LogP contribution in [0.3, 0.4) is 0 Å². The van der Waals surface area contributed by atoms with E-state index in [2.05, 4.69) is 72.3 Å². The van der Waals surface area contributed by atoms with Gasteiger partial charge in [-0.2, -0.15) is 0 Å². The molecule has 2 aliphatic rings. The lowest BCUT2D eigenvalue weighted by Crippen LogP contribution is -2.46. The zero-order valence-corrected chi connectivity index (χ0v) is 15.5. The van der Waals surface area contributed by atoms with Crippen molar-refractivity contribution in [2.24, 2.45) is 0 Å². The van der Waals surface area contributed by atoms with Crippen LogP contribution in [-0.4, -0.2) is 48.2 Å². The second-order valence-corrected chi connectivity index (χ2v) is 7.33. The number of benzene rings is 1. The van der Waals surface area contributed by atoms with Gasteiger partial charge in [-0.05, 0) is 51.3 Å². The highest BCUT2D eigenvalue weighted by Gasteiger charge is 2.33. The summed E-state index contributed by atoms with van der Waals surface area (Å²) in [4.78, 5) is 5.31. The van der Waals surface area contributed by atoms with Gasteiger partial charge in [0.1, 0.15) is 0 Å². The van der Waals surface area contributed by atoms with Gasteiger partial charge in [0.25, 0.3) is 0 Å². The number of piperidine rings is 1. The Morgan fingerprint density at radius 1 is 1.21 bits per heavy atom. The highest BCUT2D eigenvalue weighted by molar-refractivity contribution is 5.31.